The van der Waals surface area contributed by atoms with Gasteiger partial charge in [-0.1, -0.05) is 42.5 Å². The van der Waals surface area contributed by atoms with Crippen LogP contribution in [0.4, 0.5) is 17.8 Å². The van der Waals surface area contributed by atoms with Gasteiger partial charge in [0, 0.05) is 37.3 Å². The lowest BCUT2D eigenvalue weighted by Crippen LogP contribution is -2.27. The normalized spacial score (nSPS) is 11.6. The average molecular weight is 616 g/mol. The zero-order valence-corrected chi connectivity index (χ0v) is 25.1. The number of benzene rings is 3. The Hall–Kier alpha value is -5.14. The first-order valence-corrected chi connectivity index (χ1v) is 14.6. The van der Waals surface area contributed by atoms with Crippen molar-refractivity contribution in [1.82, 2.24) is 20.3 Å². The molecular formula is C32H37N7O6. The van der Waals surface area contributed by atoms with Crippen molar-refractivity contribution in [1.29, 1.82) is 0 Å². The van der Waals surface area contributed by atoms with Crippen LogP contribution >= 0.6 is 0 Å². The number of carbonyl (C=O) groups excluding carboxylic acids is 1. The van der Waals surface area contributed by atoms with Crippen molar-refractivity contribution in [3.63, 3.8) is 0 Å². The van der Waals surface area contributed by atoms with Crippen molar-refractivity contribution in [3.8, 4) is 17.2 Å². The van der Waals surface area contributed by atoms with Gasteiger partial charge in [-0.15, -0.1) is 0 Å². The number of ether oxygens (including phenoxy) is 5. The highest BCUT2D eigenvalue weighted by Gasteiger charge is 2.17. The maximum Gasteiger partial charge on any atom is 0.251 e. The summed E-state index contributed by atoms with van der Waals surface area (Å²) < 4.78 is 27.6. The summed E-state index contributed by atoms with van der Waals surface area (Å²) in [6.07, 6.45) is 0. The van der Waals surface area contributed by atoms with Crippen molar-refractivity contribution in [3.05, 3.63) is 89.5 Å². The first-order chi connectivity index (χ1) is 22.2. The fourth-order valence-corrected chi connectivity index (χ4v) is 4.33. The molecule has 1 amide bonds. The van der Waals surface area contributed by atoms with Gasteiger partial charge < -0.3 is 45.0 Å². The maximum atomic E-state index is 12.0. The summed E-state index contributed by atoms with van der Waals surface area (Å²) in [4.78, 5) is 25.7. The van der Waals surface area contributed by atoms with Crippen LogP contribution in [0.2, 0.25) is 0 Å². The topological polar surface area (TPSA) is 150 Å². The van der Waals surface area contributed by atoms with Gasteiger partial charge in [-0.3, -0.25) is 4.79 Å². The van der Waals surface area contributed by atoms with Gasteiger partial charge in [0.1, 0.15) is 5.75 Å². The lowest BCUT2D eigenvalue weighted by molar-refractivity contribution is 0.0519. The molecule has 4 aromatic rings. The van der Waals surface area contributed by atoms with Crippen LogP contribution in [0.15, 0.2) is 72.8 Å². The van der Waals surface area contributed by atoms with Crippen LogP contribution in [0.25, 0.3) is 0 Å². The number of amides is 1. The third-order valence-corrected chi connectivity index (χ3v) is 6.63. The fourth-order valence-electron chi connectivity index (χ4n) is 4.33. The molecule has 13 heteroatoms. The van der Waals surface area contributed by atoms with E-state index in [1.54, 1.807) is 19.2 Å². The quantitative estimate of drug-likeness (QED) is 0.121. The second kappa shape index (κ2) is 16.6. The highest BCUT2D eigenvalue weighted by molar-refractivity contribution is 5.94. The molecular weight excluding hydrogens is 578 g/mol. The van der Waals surface area contributed by atoms with Crippen LogP contribution in [0, 0.1) is 0 Å². The van der Waals surface area contributed by atoms with Gasteiger partial charge in [-0.25, -0.2) is 0 Å². The van der Waals surface area contributed by atoms with Crippen molar-refractivity contribution < 1.29 is 28.5 Å². The molecule has 4 N–H and O–H groups in total. The van der Waals surface area contributed by atoms with E-state index in [1.807, 2.05) is 60.7 Å². The molecule has 0 radical (unpaired) electrons. The molecule has 13 nitrogen and oxygen atoms in total. The monoisotopic (exact) mass is 615 g/mol. The van der Waals surface area contributed by atoms with Gasteiger partial charge >= 0.3 is 0 Å². The van der Waals surface area contributed by atoms with E-state index in [-0.39, 0.29) is 12.7 Å². The predicted molar refractivity (Wildman–Crippen MR) is 169 cm³/mol. The summed E-state index contributed by atoms with van der Waals surface area (Å²) in [5, 5.41) is 12.6. The third kappa shape index (κ3) is 9.68. The third-order valence-electron chi connectivity index (χ3n) is 6.63. The smallest absolute Gasteiger partial charge is 0.251 e. The summed E-state index contributed by atoms with van der Waals surface area (Å²) >= 11 is 0. The Morgan fingerprint density at radius 2 is 1.42 bits per heavy atom. The van der Waals surface area contributed by atoms with Crippen molar-refractivity contribution in [2.45, 2.75) is 13.1 Å². The molecule has 0 spiro atoms. The number of aromatic nitrogens is 3. The van der Waals surface area contributed by atoms with E-state index in [9.17, 15) is 4.79 Å². The molecule has 0 fully saturated rings. The van der Waals surface area contributed by atoms with E-state index in [1.165, 1.54) is 0 Å². The first-order valence-electron chi connectivity index (χ1n) is 14.6. The molecule has 45 heavy (non-hydrogen) atoms. The molecule has 1 aliphatic rings. The number of anilines is 3. The molecule has 0 aliphatic carbocycles. The first kappa shape index (κ1) is 31.3. The van der Waals surface area contributed by atoms with Crippen LogP contribution in [-0.4, -0.2) is 74.3 Å². The Kier molecular flexibility index (Phi) is 11.6. The van der Waals surface area contributed by atoms with Gasteiger partial charge in [0.25, 0.3) is 5.91 Å². The van der Waals surface area contributed by atoms with Crippen LogP contribution in [0.1, 0.15) is 21.5 Å². The number of fused-ring (bicyclic) bond motifs is 1. The Balaban J connectivity index is 1.07. The van der Waals surface area contributed by atoms with E-state index in [0.717, 1.165) is 22.6 Å². The van der Waals surface area contributed by atoms with E-state index in [0.29, 0.717) is 81.8 Å². The minimum atomic E-state index is -0.121. The summed E-state index contributed by atoms with van der Waals surface area (Å²) in [7, 11) is 1.64. The van der Waals surface area contributed by atoms with Crippen LogP contribution in [0.3, 0.4) is 0 Å². The largest absolute Gasteiger partial charge is 0.497 e. The molecule has 5 rings (SSSR count). The predicted octanol–water partition coefficient (Wildman–Crippen LogP) is 3.71. The van der Waals surface area contributed by atoms with E-state index in [2.05, 4.69) is 36.2 Å². The zero-order valence-electron chi connectivity index (χ0n) is 25.1. The number of carbonyl (C=O) groups is 1. The van der Waals surface area contributed by atoms with Crippen LogP contribution in [0.5, 0.6) is 17.2 Å². The number of methoxy groups -OCH3 is 1. The van der Waals surface area contributed by atoms with Crippen molar-refractivity contribution in [2.75, 3.05) is 69.4 Å². The van der Waals surface area contributed by atoms with Gasteiger partial charge in [0.05, 0.1) is 33.5 Å². The van der Waals surface area contributed by atoms with Gasteiger partial charge in [0.2, 0.25) is 24.6 Å². The summed E-state index contributed by atoms with van der Waals surface area (Å²) in [5.41, 5.74) is 2.60. The minimum Gasteiger partial charge on any atom is -0.497 e. The summed E-state index contributed by atoms with van der Waals surface area (Å²) in [6, 6.07) is 22.6. The van der Waals surface area contributed by atoms with E-state index < -0.39 is 0 Å². The zero-order chi connectivity index (χ0) is 31.1. The van der Waals surface area contributed by atoms with E-state index in [4.69, 9.17) is 23.7 Å². The SMILES string of the molecule is COc1ccc(CNc2nc(NCCOCCOCCNC(=O)c3ccccc3)nc(NCc3cccc4c3OCO4)n2)cc1. The second-order valence-corrected chi connectivity index (χ2v) is 9.79. The molecule has 0 atom stereocenters. The van der Waals surface area contributed by atoms with Crippen molar-refractivity contribution >= 4 is 23.8 Å². The molecule has 0 bridgehead atoms. The van der Waals surface area contributed by atoms with Crippen LogP contribution in [-0.2, 0) is 22.6 Å². The maximum absolute atomic E-state index is 12.0. The standard InChI is InChI=1S/C32H37N7O6/c1-41-26-12-10-23(11-13-26)20-35-31-37-30(38-32(39-31)36-21-25-8-5-9-27-28(25)45-22-44-27)34-15-17-43-19-18-42-16-14-33-29(40)24-6-3-2-4-7-24/h2-13H,14-22H2,1H3,(H,33,40)(H3,34,35,36,37,38,39). The number of para-hydroxylation sites is 1. The number of hydrogen-bond donors (Lipinski definition) is 4. The average Bonchev–Trinajstić information content (AvgIpc) is 3.57. The van der Waals surface area contributed by atoms with Gasteiger partial charge in [0.15, 0.2) is 11.5 Å². The molecule has 3 aromatic carbocycles. The fraction of sp³-hybridized carbons (Fsp3) is 0.312. The van der Waals surface area contributed by atoms with E-state index >= 15 is 0 Å². The minimum absolute atomic E-state index is 0.121. The molecule has 0 saturated heterocycles. The summed E-state index contributed by atoms with van der Waals surface area (Å²) in [6.45, 7) is 3.71. The number of nitrogens with zero attached hydrogens (tertiary/aromatic N) is 3. The van der Waals surface area contributed by atoms with Gasteiger partial charge in [-0.05, 0) is 35.9 Å². The molecule has 0 saturated carbocycles. The molecule has 1 aromatic heterocycles. The highest BCUT2D eigenvalue weighted by Crippen LogP contribution is 2.35. The number of hydrogen-bond acceptors (Lipinski definition) is 12. The van der Waals surface area contributed by atoms with Crippen LogP contribution < -0.4 is 35.5 Å². The molecule has 2 heterocycles. The van der Waals surface area contributed by atoms with Gasteiger partial charge in [-0.2, -0.15) is 15.0 Å². The number of rotatable bonds is 18. The Labute approximate surface area is 261 Å². The Morgan fingerprint density at radius 1 is 0.733 bits per heavy atom. The Bertz CT molecular complexity index is 1510. The summed E-state index contributed by atoms with van der Waals surface area (Å²) in [5.74, 6) is 3.32. The lowest BCUT2D eigenvalue weighted by Gasteiger charge is -2.12. The highest BCUT2D eigenvalue weighted by atomic mass is 16.7. The molecule has 1 aliphatic heterocycles. The second-order valence-electron chi connectivity index (χ2n) is 9.79. The Morgan fingerprint density at radius 3 is 2.16 bits per heavy atom. The molecule has 0 unspecified atom stereocenters. The molecule has 236 valence electrons. The lowest BCUT2D eigenvalue weighted by atomic mass is 10.2. The number of nitrogens with one attached hydrogen (secondary N) is 4. The van der Waals surface area contributed by atoms with Crippen molar-refractivity contribution in [2.24, 2.45) is 0 Å².